The lowest BCUT2D eigenvalue weighted by molar-refractivity contribution is 0.279. The molecular weight excluding hydrogens is 475 g/mol. The third-order valence-electron chi connectivity index (χ3n) is 7.42. The van der Waals surface area contributed by atoms with Gasteiger partial charge in [0.2, 0.25) is 0 Å². The first-order chi connectivity index (χ1) is 18.7. The lowest BCUT2D eigenvalue weighted by atomic mass is 9.77. The Labute approximate surface area is 222 Å². The zero-order valence-corrected chi connectivity index (χ0v) is 21.2. The maximum atomic E-state index is 13.9. The molecule has 1 N–H and O–H groups in total. The van der Waals surface area contributed by atoms with Crippen LogP contribution >= 0.6 is 0 Å². The molecule has 4 aromatic rings. The van der Waals surface area contributed by atoms with E-state index in [2.05, 4.69) is 71.0 Å². The summed E-state index contributed by atoms with van der Waals surface area (Å²) in [6.45, 7) is 0.127. The topological polar surface area (TPSA) is 42.8 Å². The Morgan fingerprint density at radius 3 is 2.61 bits per heavy atom. The van der Waals surface area contributed by atoms with Crippen molar-refractivity contribution in [1.82, 2.24) is 0 Å². The summed E-state index contributed by atoms with van der Waals surface area (Å²) in [5.74, 6) is 1.82. The van der Waals surface area contributed by atoms with Crippen molar-refractivity contribution in [3.8, 4) is 11.5 Å². The fraction of sp³-hybridized carbons (Fsp3) is 0.182. The number of ether oxygens (including phenoxy) is 2. The number of rotatable bonds is 7. The van der Waals surface area contributed by atoms with Gasteiger partial charge in [-0.1, -0.05) is 60.7 Å². The Morgan fingerprint density at radius 1 is 0.947 bits per heavy atom. The van der Waals surface area contributed by atoms with Gasteiger partial charge in [0, 0.05) is 23.4 Å². The van der Waals surface area contributed by atoms with Crippen LogP contribution in [0.4, 0.5) is 15.8 Å². The molecule has 3 atom stereocenters. The van der Waals surface area contributed by atoms with Crippen LogP contribution < -0.4 is 14.8 Å². The molecule has 1 aliphatic heterocycles. The number of benzene rings is 4. The van der Waals surface area contributed by atoms with Crippen LogP contribution in [-0.4, -0.2) is 13.3 Å². The first-order valence-electron chi connectivity index (χ1n) is 12.9. The fourth-order valence-electron chi connectivity index (χ4n) is 5.45. The van der Waals surface area contributed by atoms with Crippen molar-refractivity contribution in [3.05, 3.63) is 131 Å². The summed E-state index contributed by atoms with van der Waals surface area (Å²) in [5, 5.41) is 3.78. The minimum Gasteiger partial charge on any atom is -0.493 e. The molecule has 0 amide bonds. The third kappa shape index (κ3) is 4.80. The molecule has 1 aliphatic carbocycles. The van der Waals surface area contributed by atoms with E-state index >= 15 is 0 Å². The molecule has 6 rings (SSSR count). The van der Waals surface area contributed by atoms with Gasteiger partial charge in [0.15, 0.2) is 11.5 Å². The number of fused-ring (bicyclic) bond motifs is 3. The van der Waals surface area contributed by atoms with Crippen molar-refractivity contribution in [3.63, 3.8) is 0 Å². The lowest BCUT2D eigenvalue weighted by Crippen LogP contribution is -2.28. The summed E-state index contributed by atoms with van der Waals surface area (Å²) in [5.41, 5.74) is 6.15. The van der Waals surface area contributed by atoms with Crippen molar-refractivity contribution in [2.75, 3.05) is 12.4 Å². The van der Waals surface area contributed by atoms with Crippen molar-refractivity contribution in [2.45, 2.75) is 25.0 Å². The molecule has 0 radical (unpaired) electrons. The van der Waals surface area contributed by atoms with E-state index in [0.29, 0.717) is 28.9 Å². The summed E-state index contributed by atoms with van der Waals surface area (Å²) in [6, 6.07) is 29.6. The van der Waals surface area contributed by atoms with Crippen molar-refractivity contribution < 1.29 is 13.9 Å². The Morgan fingerprint density at radius 2 is 1.76 bits per heavy atom. The zero-order valence-electron chi connectivity index (χ0n) is 21.2. The maximum Gasteiger partial charge on any atom is 0.161 e. The minimum atomic E-state index is -0.287. The molecule has 0 unspecified atom stereocenters. The van der Waals surface area contributed by atoms with E-state index in [9.17, 15) is 4.39 Å². The van der Waals surface area contributed by atoms with Crippen LogP contribution in [0.15, 0.2) is 108 Å². The SMILES string of the molecule is COc1cc(C=Nc2ccc([C@@H]3Nc4ccccc4[C@@H]4C=CC[C@H]43)cc2)ccc1OCc1ccccc1F. The molecule has 0 saturated heterocycles. The van der Waals surface area contributed by atoms with Gasteiger partial charge in [-0.25, -0.2) is 4.39 Å². The molecule has 38 heavy (non-hydrogen) atoms. The van der Waals surface area contributed by atoms with E-state index in [4.69, 9.17) is 9.47 Å². The molecule has 2 aliphatic rings. The molecule has 0 saturated carbocycles. The number of aliphatic imine (C=N–C) groups is 1. The molecule has 0 bridgehead atoms. The van der Waals surface area contributed by atoms with Crippen LogP contribution in [0.2, 0.25) is 0 Å². The van der Waals surface area contributed by atoms with E-state index in [-0.39, 0.29) is 18.5 Å². The monoisotopic (exact) mass is 504 g/mol. The quantitative estimate of drug-likeness (QED) is 0.205. The number of nitrogens with zero attached hydrogens (tertiary/aromatic N) is 1. The van der Waals surface area contributed by atoms with E-state index in [1.54, 1.807) is 25.3 Å². The fourth-order valence-corrected chi connectivity index (χ4v) is 5.45. The van der Waals surface area contributed by atoms with Gasteiger partial charge in [-0.2, -0.15) is 0 Å². The zero-order chi connectivity index (χ0) is 25.9. The number of hydrogen-bond acceptors (Lipinski definition) is 4. The van der Waals surface area contributed by atoms with Gasteiger partial charge in [0.1, 0.15) is 12.4 Å². The summed E-state index contributed by atoms with van der Waals surface area (Å²) >= 11 is 0. The molecule has 0 fully saturated rings. The summed E-state index contributed by atoms with van der Waals surface area (Å²) in [6.07, 6.45) is 7.57. The Kier molecular flexibility index (Phi) is 6.65. The highest BCUT2D eigenvalue weighted by molar-refractivity contribution is 5.83. The van der Waals surface area contributed by atoms with Crippen LogP contribution in [0.3, 0.4) is 0 Å². The summed E-state index contributed by atoms with van der Waals surface area (Å²) in [4.78, 5) is 4.67. The molecule has 4 aromatic carbocycles. The van der Waals surface area contributed by atoms with Crippen LogP contribution in [0.1, 0.15) is 40.6 Å². The summed E-state index contributed by atoms with van der Waals surface area (Å²) in [7, 11) is 1.59. The van der Waals surface area contributed by atoms with Crippen LogP contribution in [0.5, 0.6) is 11.5 Å². The van der Waals surface area contributed by atoms with Gasteiger partial charge in [-0.15, -0.1) is 0 Å². The average Bonchev–Trinajstić information content (AvgIpc) is 3.46. The van der Waals surface area contributed by atoms with E-state index in [0.717, 1.165) is 17.7 Å². The smallest absolute Gasteiger partial charge is 0.161 e. The molecule has 5 heteroatoms. The predicted octanol–water partition coefficient (Wildman–Crippen LogP) is 7.99. The molecule has 0 spiro atoms. The number of nitrogens with one attached hydrogen (secondary N) is 1. The highest BCUT2D eigenvalue weighted by atomic mass is 19.1. The Hall–Kier alpha value is -4.38. The van der Waals surface area contributed by atoms with Crippen molar-refractivity contribution in [1.29, 1.82) is 0 Å². The minimum absolute atomic E-state index is 0.127. The number of para-hydroxylation sites is 1. The van der Waals surface area contributed by atoms with Crippen molar-refractivity contribution >= 4 is 17.6 Å². The summed E-state index contributed by atoms with van der Waals surface area (Å²) < 4.78 is 25.2. The van der Waals surface area contributed by atoms with Crippen LogP contribution in [0.25, 0.3) is 0 Å². The molecule has 4 nitrogen and oxygen atoms in total. The van der Waals surface area contributed by atoms with Gasteiger partial charge >= 0.3 is 0 Å². The van der Waals surface area contributed by atoms with Crippen molar-refractivity contribution in [2.24, 2.45) is 10.9 Å². The first-order valence-corrected chi connectivity index (χ1v) is 12.9. The Bertz CT molecular complexity index is 1500. The van der Waals surface area contributed by atoms with E-state index in [1.165, 1.54) is 22.9 Å². The van der Waals surface area contributed by atoms with Gasteiger partial charge < -0.3 is 14.8 Å². The first kappa shape index (κ1) is 24.0. The highest BCUT2D eigenvalue weighted by Crippen LogP contribution is 2.49. The molecule has 0 aromatic heterocycles. The van der Waals surface area contributed by atoms with E-state index in [1.807, 2.05) is 24.4 Å². The lowest BCUT2D eigenvalue weighted by Gasteiger charge is -2.37. The number of anilines is 1. The van der Waals surface area contributed by atoms with Gasteiger partial charge in [-0.3, -0.25) is 4.99 Å². The second-order valence-corrected chi connectivity index (χ2v) is 9.70. The molecular formula is C33H29FN2O2. The standard InChI is InChI=1S/C33H29FN2O2/c1-37-32-19-22(13-18-31(32)38-21-24-7-2-4-11-29(24)34)20-35-25-16-14-23(15-17-25)33-28-10-6-9-26(28)27-8-3-5-12-30(27)36-33/h2-9,11-20,26,28,33,36H,10,21H2,1H3/t26-,28+,33-/m0/s1. The third-order valence-corrected chi connectivity index (χ3v) is 7.42. The molecule has 1 heterocycles. The Balaban J connectivity index is 1.15. The second-order valence-electron chi connectivity index (χ2n) is 9.70. The predicted molar refractivity (Wildman–Crippen MR) is 150 cm³/mol. The van der Waals surface area contributed by atoms with E-state index < -0.39 is 0 Å². The van der Waals surface area contributed by atoms with Gasteiger partial charge in [0.25, 0.3) is 0 Å². The average molecular weight is 505 g/mol. The number of allylic oxidation sites excluding steroid dienone is 2. The number of methoxy groups -OCH3 is 1. The van der Waals surface area contributed by atoms with Crippen LogP contribution in [0, 0.1) is 11.7 Å². The van der Waals surface area contributed by atoms with Gasteiger partial charge in [-0.05, 0) is 71.5 Å². The highest BCUT2D eigenvalue weighted by Gasteiger charge is 2.37. The van der Waals surface area contributed by atoms with Gasteiger partial charge in [0.05, 0.1) is 18.8 Å². The maximum absolute atomic E-state index is 13.9. The number of hydrogen-bond donors (Lipinski definition) is 1. The largest absolute Gasteiger partial charge is 0.493 e. The normalized spacial score (nSPS) is 19.6. The van der Waals surface area contributed by atoms with Crippen LogP contribution in [-0.2, 0) is 6.61 Å². The second kappa shape index (κ2) is 10.5. The molecule has 190 valence electrons. The number of halogens is 1.